The predicted molar refractivity (Wildman–Crippen MR) is 76.3 cm³/mol. The van der Waals surface area contributed by atoms with E-state index in [1.165, 1.54) is 24.8 Å². The molecule has 0 spiro atoms. The molecule has 2 nitrogen and oxygen atoms in total. The number of phenols is 1. The van der Waals surface area contributed by atoms with E-state index >= 15 is 0 Å². The van der Waals surface area contributed by atoms with E-state index in [0.29, 0.717) is 17.7 Å². The van der Waals surface area contributed by atoms with E-state index in [4.69, 9.17) is 0 Å². The number of aryl methyl sites for hydroxylation is 1. The zero-order chi connectivity index (χ0) is 13.1. The second-order valence-corrected chi connectivity index (χ2v) is 5.80. The standard InChI is InChI=1S/C16H25NO/c1-11(2)14-8-7-12(3)16(18)15(14)10-13-6-4-5-9-17-13/h7-8,11,13,17-18H,4-6,9-10H2,1-3H3. The van der Waals surface area contributed by atoms with E-state index in [1.807, 2.05) is 13.0 Å². The van der Waals surface area contributed by atoms with E-state index in [9.17, 15) is 5.11 Å². The maximum Gasteiger partial charge on any atom is 0.122 e. The number of nitrogens with one attached hydrogen (secondary N) is 1. The minimum Gasteiger partial charge on any atom is -0.507 e. The summed E-state index contributed by atoms with van der Waals surface area (Å²) >= 11 is 0. The van der Waals surface area contributed by atoms with Crippen LogP contribution in [0.1, 0.15) is 55.7 Å². The topological polar surface area (TPSA) is 32.3 Å². The molecule has 1 aliphatic rings. The van der Waals surface area contributed by atoms with Crippen LogP contribution in [0.5, 0.6) is 5.75 Å². The van der Waals surface area contributed by atoms with Gasteiger partial charge in [-0.25, -0.2) is 0 Å². The molecule has 1 saturated heterocycles. The van der Waals surface area contributed by atoms with Gasteiger partial charge < -0.3 is 10.4 Å². The highest BCUT2D eigenvalue weighted by molar-refractivity contribution is 5.46. The second kappa shape index (κ2) is 5.75. The van der Waals surface area contributed by atoms with Crippen molar-refractivity contribution in [2.24, 2.45) is 0 Å². The van der Waals surface area contributed by atoms with Crippen molar-refractivity contribution in [3.05, 3.63) is 28.8 Å². The molecule has 2 N–H and O–H groups in total. The molecular formula is C16H25NO. The lowest BCUT2D eigenvalue weighted by Gasteiger charge is -2.26. The monoisotopic (exact) mass is 247 g/mol. The van der Waals surface area contributed by atoms with Gasteiger partial charge in [0.1, 0.15) is 5.75 Å². The lowest BCUT2D eigenvalue weighted by Crippen LogP contribution is -2.35. The molecule has 1 aromatic carbocycles. The second-order valence-electron chi connectivity index (χ2n) is 5.80. The molecule has 2 heteroatoms. The summed E-state index contributed by atoms with van der Waals surface area (Å²) in [5, 5.41) is 13.9. The van der Waals surface area contributed by atoms with Crippen LogP contribution >= 0.6 is 0 Å². The van der Waals surface area contributed by atoms with E-state index in [2.05, 4.69) is 25.2 Å². The first kappa shape index (κ1) is 13.4. The van der Waals surface area contributed by atoms with Gasteiger partial charge in [-0.3, -0.25) is 0 Å². The van der Waals surface area contributed by atoms with Crippen LogP contribution in [0, 0.1) is 6.92 Å². The van der Waals surface area contributed by atoms with Crippen LogP contribution in [-0.2, 0) is 6.42 Å². The average Bonchev–Trinajstić information content (AvgIpc) is 2.36. The summed E-state index contributed by atoms with van der Waals surface area (Å²) in [5.74, 6) is 0.976. The summed E-state index contributed by atoms with van der Waals surface area (Å²) < 4.78 is 0. The highest BCUT2D eigenvalue weighted by Crippen LogP contribution is 2.32. The van der Waals surface area contributed by atoms with Crippen molar-refractivity contribution in [3.8, 4) is 5.75 Å². The molecule has 1 fully saturated rings. The molecule has 1 aromatic rings. The summed E-state index contributed by atoms with van der Waals surface area (Å²) in [6.07, 6.45) is 4.78. The maximum atomic E-state index is 10.3. The highest BCUT2D eigenvalue weighted by atomic mass is 16.3. The Labute approximate surface area is 110 Å². The van der Waals surface area contributed by atoms with Crippen LogP contribution in [0.15, 0.2) is 12.1 Å². The number of hydrogen-bond acceptors (Lipinski definition) is 2. The van der Waals surface area contributed by atoms with E-state index in [-0.39, 0.29) is 0 Å². The van der Waals surface area contributed by atoms with Gasteiger partial charge in [0, 0.05) is 6.04 Å². The molecule has 0 radical (unpaired) electrons. The van der Waals surface area contributed by atoms with Gasteiger partial charge in [0.15, 0.2) is 0 Å². The van der Waals surface area contributed by atoms with Crippen LogP contribution in [0.2, 0.25) is 0 Å². The van der Waals surface area contributed by atoms with E-state index < -0.39 is 0 Å². The Morgan fingerprint density at radius 2 is 2.11 bits per heavy atom. The fourth-order valence-electron chi connectivity index (χ4n) is 2.87. The van der Waals surface area contributed by atoms with E-state index in [1.54, 1.807) is 0 Å². The van der Waals surface area contributed by atoms with Gasteiger partial charge in [-0.2, -0.15) is 0 Å². The third-order valence-corrected chi connectivity index (χ3v) is 4.01. The zero-order valence-corrected chi connectivity index (χ0v) is 11.8. The summed E-state index contributed by atoms with van der Waals surface area (Å²) in [6, 6.07) is 4.74. The smallest absolute Gasteiger partial charge is 0.122 e. The maximum absolute atomic E-state index is 10.3. The number of benzene rings is 1. The lowest BCUT2D eigenvalue weighted by atomic mass is 9.88. The van der Waals surface area contributed by atoms with Gasteiger partial charge in [0.05, 0.1) is 0 Å². The molecule has 0 aromatic heterocycles. The number of rotatable bonds is 3. The Morgan fingerprint density at radius 3 is 2.72 bits per heavy atom. The molecule has 18 heavy (non-hydrogen) atoms. The molecule has 100 valence electrons. The van der Waals surface area contributed by atoms with Gasteiger partial charge in [0.25, 0.3) is 0 Å². The normalized spacial score (nSPS) is 20.3. The molecular weight excluding hydrogens is 222 g/mol. The Morgan fingerprint density at radius 1 is 1.33 bits per heavy atom. The van der Waals surface area contributed by atoms with Crippen molar-refractivity contribution >= 4 is 0 Å². The van der Waals surface area contributed by atoms with Crippen molar-refractivity contribution in [2.75, 3.05) is 6.54 Å². The first-order valence-corrected chi connectivity index (χ1v) is 7.14. The van der Waals surface area contributed by atoms with Crippen molar-refractivity contribution in [1.29, 1.82) is 0 Å². The van der Waals surface area contributed by atoms with Crippen LogP contribution in [0.3, 0.4) is 0 Å². The van der Waals surface area contributed by atoms with E-state index in [0.717, 1.165) is 24.1 Å². The molecule has 0 bridgehead atoms. The molecule has 0 amide bonds. The molecule has 1 atom stereocenters. The Kier molecular flexibility index (Phi) is 4.28. The summed E-state index contributed by atoms with van der Waals surface area (Å²) in [5.41, 5.74) is 3.44. The fraction of sp³-hybridized carbons (Fsp3) is 0.625. The molecule has 1 heterocycles. The van der Waals surface area contributed by atoms with Crippen molar-refractivity contribution in [3.63, 3.8) is 0 Å². The van der Waals surface area contributed by atoms with Crippen molar-refractivity contribution in [2.45, 2.75) is 58.4 Å². The Bertz CT molecular complexity index is 406. The molecule has 1 aliphatic heterocycles. The van der Waals surface area contributed by atoms with Crippen molar-refractivity contribution < 1.29 is 5.11 Å². The first-order valence-electron chi connectivity index (χ1n) is 7.14. The quantitative estimate of drug-likeness (QED) is 0.856. The van der Waals surface area contributed by atoms with Crippen LogP contribution in [0.25, 0.3) is 0 Å². The minimum atomic E-state index is 0.468. The lowest BCUT2D eigenvalue weighted by molar-refractivity contribution is 0.390. The van der Waals surface area contributed by atoms with Gasteiger partial charge in [-0.1, -0.05) is 32.4 Å². The zero-order valence-electron chi connectivity index (χ0n) is 11.8. The average molecular weight is 247 g/mol. The van der Waals surface area contributed by atoms with Gasteiger partial charge >= 0.3 is 0 Å². The molecule has 2 rings (SSSR count). The number of piperidine rings is 1. The SMILES string of the molecule is Cc1ccc(C(C)C)c(CC2CCCCN2)c1O. The van der Waals surface area contributed by atoms with Crippen LogP contribution in [0.4, 0.5) is 0 Å². The molecule has 0 saturated carbocycles. The third kappa shape index (κ3) is 2.86. The minimum absolute atomic E-state index is 0.468. The molecule has 0 aliphatic carbocycles. The third-order valence-electron chi connectivity index (χ3n) is 4.01. The summed E-state index contributed by atoms with van der Waals surface area (Å²) in [4.78, 5) is 0. The highest BCUT2D eigenvalue weighted by Gasteiger charge is 2.19. The van der Waals surface area contributed by atoms with Crippen LogP contribution < -0.4 is 5.32 Å². The van der Waals surface area contributed by atoms with Crippen molar-refractivity contribution in [1.82, 2.24) is 5.32 Å². The van der Waals surface area contributed by atoms with Gasteiger partial charge in [0.2, 0.25) is 0 Å². The fourth-order valence-corrected chi connectivity index (χ4v) is 2.87. The number of phenolic OH excluding ortho intramolecular Hbond substituents is 1. The molecule has 1 unspecified atom stereocenters. The Hall–Kier alpha value is -1.02. The number of hydrogen-bond donors (Lipinski definition) is 2. The van der Waals surface area contributed by atoms with Gasteiger partial charge in [-0.15, -0.1) is 0 Å². The largest absolute Gasteiger partial charge is 0.507 e. The first-order chi connectivity index (χ1) is 8.59. The van der Waals surface area contributed by atoms with Crippen LogP contribution in [-0.4, -0.2) is 17.7 Å². The van der Waals surface area contributed by atoms with Gasteiger partial charge in [-0.05, 0) is 55.3 Å². The summed E-state index contributed by atoms with van der Waals surface area (Å²) in [6.45, 7) is 7.50. The Balaban J connectivity index is 2.26. The summed E-state index contributed by atoms with van der Waals surface area (Å²) in [7, 11) is 0. The number of aromatic hydroxyl groups is 1. The predicted octanol–water partition coefficient (Wildman–Crippen LogP) is 3.51.